The summed E-state index contributed by atoms with van der Waals surface area (Å²) >= 11 is 0. The molecule has 1 aliphatic heterocycles. The summed E-state index contributed by atoms with van der Waals surface area (Å²) in [4.78, 5) is 24.6. The summed E-state index contributed by atoms with van der Waals surface area (Å²) in [6.07, 6.45) is 5.22. The van der Waals surface area contributed by atoms with Crippen molar-refractivity contribution in [3.05, 3.63) is 33.3 Å². The Morgan fingerprint density at radius 3 is 2.96 bits per heavy atom. The van der Waals surface area contributed by atoms with E-state index in [0.29, 0.717) is 42.9 Å². The molecule has 2 aromatic heterocycles. The number of aryl methyl sites for hydroxylation is 4. The maximum absolute atomic E-state index is 12.4. The number of hydrogen-bond donors (Lipinski definition) is 1. The summed E-state index contributed by atoms with van der Waals surface area (Å²) in [6.45, 7) is 5.54. The number of nitrogens with zero attached hydrogens (tertiary/aromatic N) is 4. The van der Waals surface area contributed by atoms with Gasteiger partial charge in [-0.1, -0.05) is 12.1 Å². The van der Waals surface area contributed by atoms with Crippen molar-refractivity contribution in [2.75, 3.05) is 6.54 Å². The van der Waals surface area contributed by atoms with Gasteiger partial charge in [-0.25, -0.2) is 9.48 Å². The van der Waals surface area contributed by atoms with E-state index in [2.05, 4.69) is 15.6 Å². The lowest BCUT2D eigenvalue weighted by atomic mass is 10.1. The topological polar surface area (TPSA) is 94.9 Å². The fraction of sp³-hybridized carbons (Fsp3) is 0.647. The maximum Gasteiger partial charge on any atom is 0.345 e. The second-order valence-electron chi connectivity index (χ2n) is 6.46. The first kappa shape index (κ1) is 17.4. The number of rotatable bonds is 7. The van der Waals surface area contributed by atoms with Gasteiger partial charge in [-0.15, -0.1) is 0 Å². The molecule has 25 heavy (non-hydrogen) atoms. The molecule has 0 radical (unpaired) electrons. The van der Waals surface area contributed by atoms with Gasteiger partial charge < -0.3 is 9.84 Å². The molecule has 8 heteroatoms. The van der Waals surface area contributed by atoms with Gasteiger partial charge in [0.05, 0.1) is 5.69 Å². The molecule has 3 heterocycles. The van der Waals surface area contributed by atoms with E-state index in [4.69, 9.17) is 4.52 Å². The van der Waals surface area contributed by atoms with E-state index in [1.807, 2.05) is 6.92 Å². The van der Waals surface area contributed by atoms with E-state index in [-0.39, 0.29) is 11.6 Å². The first-order valence-electron chi connectivity index (χ1n) is 9.01. The Kier molecular flexibility index (Phi) is 5.35. The predicted molar refractivity (Wildman–Crippen MR) is 91.6 cm³/mol. The van der Waals surface area contributed by atoms with Crippen molar-refractivity contribution in [1.29, 1.82) is 0 Å². The molecule has 0 saturated carbocycles. The number of carbonyl (C=O) groups excluding carboxylic acids is 1. The van der Waals surface area contributed by atoms with Crippen LogP contribution in [0.4, 0.5) is 0 Å². The van der Waals surface area contributed by atoms with E-state index in [1.165, 1.54) is 4.68 Å². The normalized spacial score (nSPS) is 13.7. The zero-order valence-corrected chi connectivity index (χ0v) is 14.9. The fourth-order valence-corrected chi connectivity index (χ4v) is 3.22. The van der Waals surface area contributed by atoms with E-state index < -0.39 is 0 Å². The molecule has 0 spiro atoms. The first-order chi connectivity index (χ1) is 12.1. The van der Waals surface area contributed by atoms with Crippen molar-refractivity contribution in [2.24, 2.45) is 0 Å². The second kappa shape index (κ2) is 7.67. The highest BCUT2D eigenvalue weighted by atomic mass is 16.5. The van der Waals surface area contributed by atoms with E-state index in [1.54, 1.807) is 11.5 Å². The Hall–Kier alpha value is -2.38. The average molecular weight is 347 g/mol. The third-order valence-electron chi connectivity index (χ3n) is 4.50. The van der Waals surface area contributed by atoms with Crippen LogP contribution in [0, 0.1) is 6.92 Å². The highest BCUT2D eigenvalue weighted by molar-refractivity contribution is 5.96. The van der Waals surface area contributed by atoms with Crippen molar-refractivity contribution < 1.29 is 9.32 Å². The molecule has 8 nitrogen and oxygen atoms in total. The molecule has 136 valence electrons. The third kappa shape index (κ3) is 3.67. The molecule has 0 aliphatic carbocycles. The van der Waals surface area contributed by atoms with Crippen LogP contribution < -0.4 is 11.0 Å². The number of aromatic nitrogens is 4. The number of nitrogens with one attached hydrogen (secondary N) is 1. The van der Waals surface area contributed by atoms with E-state index in [0.717, 1.165) is 38.1 Å². The van der Waals surface area contributed by atoms with E-state index in [9.17, 15) is 9.59 Å². The molecule has 0 unspecified atom stereocenters. The van der Waals surface area contributed by atoms with Crippen LogP contribution in [0.25, 0.3) is 0 Å². The smallest absolute Gasteiger partial charge is 0.345 e. The highest BCUT2D eigenvalue weighted by Gasteiger charge is 2.20. The minimum atomic E-state index is -0.168. The largest absolute Gasteiger partial charge is 0.360 e. The molecule has 0 saturated heterocycles. The first-order valence-corrected chi connectivity index (χ1v) is 9.01. The molecule has 0 aromatic carbocycles. The summed E-state index contributed by atoms with van der Waals surface area (Å²) in [5.41, 5.74) is 1.11. The lowest BCUT2D eigenvalue weighted by molar-refractivity contribution is 0.0950. The number of carbonyl (C=O) groups is 1. The third-order valence-corrected chi connectivity index (χ3v) is 4.50. The van der Waals surface area contributed by atoms with Crippen LogP contribution >= 0.6 is 0 Å². The Morgan fingerprint density at radius 2 is 2.20 bits per heavy atom. The highest BCUT2D eigenvalue weighted by Crippen LogP contribution is 2.15. The molecule has 3 rings (SSSR count). The Bertz CT molecular complexity index is 802. The van der Waals surface area contributed by atoms with Crippen LogP contribution in [0.2, 0.25) is 0 Å². The number of amides is 1. The van der Waals surface area contributed by atoms with Gasteiger partial charge in [0.2, 0.25) is 0 Å². The molecular formula is C17H25N5O3. The quantitative estimate of drug-likeness (QED) is 0.765. The van der Waals surface area contributed by atoms with Gasteiger partial charge in [-0.3, -0.25) is 9.36 Å². The van der Waals surface area contributed by atoms with Crippen LogP contribution in [0.1, 0.15) is 60.2 Å². The summed E-state index contributed by atoms with van der Waals surface area (Å²) in [7, 11) is 0. The Labute approximate surface area is 146 Å². The Morgan fingerprint density at radius 1 is 1.36 bits per heavy atom. The van der Waals surface area contributed by atoms with Crippen LogP contribution in [0.3, 0.4) is 0 Å². The summed E-state index contributed by atoms with van der Waals surface area (Å²) < 4.78 is 8.50. The lowest BCUT2D eigenvalue weighted by Crippen LogP contribution is -2.29. The number of fused-ring (bicyclic) bond motifs is 1. The fourth-order valence-electron chi connectivity index (χ4n) is 3.22. The lowest BCUT2D eigenvalue weighted by Gasteiger charge is -2.09. The van der Waals surface area contributed by atoms with Crippen LogP contribution in [-0.2, 0) is 25.9 Å². The monoisotopic (exact) mass is 347 g/mol. The van der Waals surface area contributed by atoms with Gasteiger partial charge in [0.25, 0.3) is 5.91 Å². The molecule has 1 aliphatic rings. The Balaban J connectivity index is 1.54. The van der Waals surface area contributed by atoms with Gasteiger partial charge in [-0.05, 0) is 32.6 Å². The van der Waals surface area contributed by atoms with Gasteiger partial charge in [-0.2, -0.15) is 5.10 Å². The van der Waals surface area contributed by atoms with Crippen molar-refractivity contribution in [3.63, 3.8) is 0 Å². The standard InChI is InChI=1S/C17H25N5O3/c1-3-7-13-15(12(2)20-25-13)16(23)18-9-6-11-22-17(24)21-10-5-4-8-14(21)19-22/h3-11H2,1-2H3,(H,18,23). The van der Waals surface area contributed by atoms with E-state index >= 15 is 0 Å². The molecule has 0 fully saturated rings. The van der Waals surface area contributed by atoms with Gasteiger partial charge in [0.15, 0.2) is 0 Å². The average Bonchev–Trinajstić information content (AvgIpc) is 3.13. The van der Waals surface area contributed by atoms with Crippen LogP contribution in [0.5, 0.6) is 0 Å². The summed E-state index contributed by atoms with van der Waals surface area (Å²) in [5.74, 6) is 1.35. The van der Waals surface area contributed by atoms with Crippen LogP contribution in [0.15, 0.2) is 9.32 Å². The molecular weight excluding hydrogens is 322 g/mol. The maximum atomic E-state index is 12.4. The van der Waals surface area contributed by atoms with Crippen molar-refractivity contribution in [3.8, 4) is 0 Å². The number of hydrogen-bond acceptors (Lipinski definition) is 5. The molecule has 1 amide bonds. The van der Waals surface area contributed by atoms with Crippen molar-refractivity contribution in [1.82, 2.24) is 24.8 Å². The zero-order chi connectivity index (χ0) is 17.8. The SMILES string of the molecule is CCCc1onc(C)c1C(=O)NCCCn1nc2n(c1=O)CCCC2. The summed E-state index contributed by atoms with van der Waals surface area (Å²) in [6, 6.07) is 0. The van der Waals surface area contributed by atoms with Crippen molar-refractivity contribution in [2.45, 2.75) is 65.5 Å². The van der Waals surface area contributed by atoms with Crippen LogP contribution in [-0.4, -0.2) is 32.0 Å². The molecule has 2 aromatic rings. The van der Waals surface area contributed by atoms with Gasteiger partial charge in [0.1, 0.15) is 17.1 Å². The van der Waals surface area contributed by atoms with Gasteiger partial charge >= 0.3 is 5.69 Å². The molecule has 1 N–H and O–H groups in total. The summed E-state index contributed by atoms with van der Waals surface area (Å²) in [5, 5.41) is 11.2. The molecule has 0 bridgehead atoms. The van der Waals surface area contributed by atoms with Crippen molar-refractivity contribution >= 4 is 5.91 Å². The second-order valence-corrected chi connectivity index (χ2v) is 6.46. The van der Waals surface area contributed by atoms with Gasteiger partial charge in [0, 0.05) is 32.5 Å². The molecule has 0 atom stereocenters. The zero-order valence-electron chi connectivity index (χ0n) is 14.9. The minimum absolute atomic E-state index is 0.0406. The predicted octanol–water partition coefficient (Wildman–Crippen LogP) is 1.45. The minimum Gasteiger partial charge on any atom is -0.360 e.